The molecule has 0 aliphatic rings. The number of carbonyl (C=O) groups is 1. The van der Waals surface area contributed by atoms with E-state index in [1.807, 2.05) is 0 Å². The Morgan fingerprint density at radius 2 is 2.27 bits per heavy atom. The normalized spacial score (nSPS) is 10.2. The summed E-state index contributed by atoms with van der Waals surface area (Å²) in [7, 11) is 0. The van der Waals surface area contributed by atoms with Crippen molar-refractivity contribution in [2.75, 3.05) is 0 Å². The average Bonchev–Trinajstić information content (AvgIpc) is 2.69. The molecule has 0 fully saturated rings. The zero-order valence-electron chi connectivity index (χ0n) is 7.33. The van der Waals surface area contributed by atoms with Gasteiger partial charge < -0.3 is 5.11 Å². The van der Waals surface area contributed by atoms with Crippen molar-refractivity contribution in [1.29, 1.82) is 0 Å². The molecule has 0 radical (unpaired) electrons. The molecule has 0 saturated carbocycles. The molecule has 76 valence electrons. The number of hydrogen-bond acceptors (Lipinski definition) is 4. The number of tetrazole rings is 1. The van der Waals surface area contributed by atoms with Crippen LogP contribution in [0.15, 0.2) is 24.5 Å². The first-order valence-electron chi connectivity index (χ1n) is 3.94. The lowest BCUT2D eigenvalue weighted by molar-refractivity contribution is 0.0696. The van der Waals surface area contributed by atoms with Gasteiger partial charge in [-0.1, -0.05) is 11.6 Å². The maximum absolute atomic E-state index is 10.9. The van der Waals surface area contributed by atoms with Crippen LogP contribution in [0.3, 0.4) is 0 Å². The fraction of sp³-hybridized carbons (Fsp3) is 0. The molecule has 0 aliphatic heterocycles. The Morgan fingerprint density at radius 3 is 2.87 bits per heavy atom. The molecule has 1 N–H and O–H groups in total. The molecular weight excluding hydrogens is 220 g/mol. The molecule has 7 heteroatoms. The van der Waals surface area contributed by atoms with E-state index in [1.54, 1.807) is 0 Å². The van der Waals surface area contributed by atoms with Crippen molar-refractivity contribution in [3.8, 4) is 5.69 Å². The second-order valence-corrected chi connectivity index (χ2v) is 3.16. The molecule has 6 nitrogen and oxygen atoms in total. The molecule has 2 rings (SSSR count). The number of carboxylic acid groups (broad SMARTS) is 1. The van der Waals surface area contributed by atoms with Crippen molar-refractivity contribution in [3.05, 3.63) is 35.1 Å². The lowest BCUT2D eigenvalue weighted by Crippen LogP contribution is -2.05. The highest BCUT2D eigenvalue weighted by Crippen LogP contribution is 2.18. The molecule has 0 saturated heterocycles. The van der Waals surface area contributed by atoms with Crippen LogP contribution >= 0.6 is 11.6 Å². The molecule has 0 aliphatic carbocycles. The minimum absolute atomic E-state index is 0.0895. The number of aromatic nitrogens is 4. The van der Waals surface area contributed by atoms with Gasteiger partial charge >= 0.3 is 5.97 Å². The number of aromatic carboxylic acids is 1. The summed E-state index contributed by atoms with van der Waals surface area (Å²) in [5, 5.41) is 19.8. The third-order valence-electron chi connectivity index (χ3n) is 1.79. The standard InChI is InChI=1S/C8H5ClN4O2/c9-5-1-2-6(8(14)15)7(3-5)13-4-10-11-12-13/h1-4H,(H,14,15). The van der Waals surface area contributed by atoms with E-state index in [0.717, 1.165) is 0 Å². The Balaban J connectivity index is 2.63. The summed E-state index contributed by atoms with van der Waals surface area (Å²) in [6.07, 6.45) is 1.30. The van der Waals surface area contributed by atoms with E-state index in [-0.39, 0.29) is 5.56 Å². The van der Waals surface area contributed by atoms with Crippen LogP contribution in [0.2, 0.25) is 5.02 Å². The third-order valence-corrected chi connectivity index (χ3v) is 2.02. The van der Waals surface area contributed by atoms with Crippen molar-refractivity contribution in [2.45, 2.75) is 0 Å². The predicted octanol–water partition coefficient (Wildman–Crippen LogP) is 1.01. The van der Waals surface area contributed by atoms with Gasteiger partial charge in [-0.3, -0.25) is 0 Å². The van der Waals surface area contributed by atoms with E-state index in [1.165, 1.54) is 29.2 Å². The first kappa shape index (κ1) is 9.60. The summed E-state index contributed by atoms with van der Waals surface area (Å²) in [6.45, 7) is 0. The van der Waals surface area contributed by atoms with Gasteiger partial charge in [-0.15, -0.1) is 5.10 Å². The van der Waals surface area contributed by atoms with Gasteiger partial charge in [-0.25, -0.2) is 4.79 Å². The SMILES string of the molecule is O=C(O)c1ccc(Cl)cc1-n1cnnn1. The quantitative estimate of drug-likeness (QED) is 0.824. The number of carboxylic acids is 1. The lowest BCUT2D eigenvalue weighted by Gasteiger charge is -2.04. The highest BCUT2D eigenvalue weighted by Gasteiger charge is 2.12. The molecule has 0 bridgehead atoms. The van der Waals surface area contributed by atoms with Crippen LogP contribution in [0, 0.1) is 0 Å². The summed E-state index contributed by atoms with van der Waals surface area (Å²) >= 11 is 5.76. The van der Waals surface area contributed by atoms with Gasteiger partial charge in [0.1, 0.15) is 6.33 Å². The Bertz CT molecular complexity index is 497. The third kappa shape index (κ3) is 1.79. The molecule has 0 amide bonds. The molecule has 0 spiro atoms. The molecular formula is C8H5ClN4O2. The fourth-order valence-electron chi connectivity index (χ4n) is 1.15. The van der Waals surface area contributed by atoms with E-state index >= 15 is 0 Å². The number of halogens is 1. The Hall–Kier alpha value is -1.95. The van der Waals surface area contributed by atoms with E-state index < -0.39 is 5.97 Å². The summed E-state index contributed by atoms with van der Waals surface area (Å²) in [6, 6.07) is 4.39. The number of hydrogen-bond donors (Lipinski definition) is 1. The van der Waals surface area contributed by atoms with Gasteiger partial charge in [0.25, 0.3) is 0 Å². The van der Waals surface area contributed by atoms with E-state index in [9.17, 15) is 4.79 Å². The van der Waals surface area contributed by atoms with Crippen molar-refractivity contribution >= 4 is 17.6 Å². The summed E-state index contributed by atoms with van der Waals surface area (Å²) in [4.78, 5) is 10.9. The van der Waals surface area contributed by atoms with Gasteiger partial charge in [0.15, 0.2) is 0 Å². The van der Waals surface area contributed by atoms with Crippen LogP contribution in [0.1, 0.15) is 10.4 Å². The molecule has 1 aromatic carbocycles. The van der Waals surface area contributed by atoms with Crippen molar-refractivity contribution in [3.63, 3.8) is 0 Å². The Kier molecular flexibility index (Phi) is 2.34. The maximum Gasteiger partial charge on any atom is 0.337 e. The molecule has 0 atom stereocenters. The summed E-state index contributed by atoms with van der Waals surface area (Å²) < 4.78 is 1.25. The van der Waals surface area contributed by atoms with Crippen LogP contribution in [-0.4, -0.2) is 31.3 Å². The number of rotatable bonds is 2. The average molecular weight is 225 g/mol. The minimum Gasteiger partial charge on any atom is -0.478 e. The molecule has 15 heavy (non-hydrogen) atoms. The van der Waals surface area contributed by atoms with Crippen LogP contribution in [0.5, 0.6) is 0 Å². The zero-order chi connectivity index (χ0) is 10.8. The molecule has 0 unspecified atom stereocenters. The fourth-order valence-corrected chi connectivity index (χ4v) is 1.31. The van der Waals surface area contributed by atoms with Crippen molar-refractivity contribution < 1.29 is 9.90 Å². The molecule has 1 aromatic heterocycles. The smallest absolute Gasteiger partial charge is 0.337 e. The van der Waals surface area contributed by atoms with Crippen LogP contribution in [0.4, 0.5) is 0 Å². The first-order chi connectivity index (χ1) is 7.18. The Morgan fingerprint density at radius 1 is 1.47 bits per heavy atom. The molecule has 2 aromatic rings. The zero-order valence-corrected chi connectivity index (χ0v) is 8.09. The monoisotopic (exact) mass is 224 g/mol. The maximum atomic E-state index is 10.9. The van der Waals surface area contributed by atoms with E-state index in [0.29, 0.717) is 10.7 Å². The number of nitrogens with zero attached hydrogens (tertiary/aromatic N) is 4. The van der Waals surface area contributed by atoms with Gasteiger partial charge in [0.2, 0.25) is 0 Å². The second kappa shape index (κ2) is 3.66. The van der Waals surface area contributed by atoms with Crippen LogP contribution in [0.25, 0.3) is 5.69 Å². The van der Waals surface area contributed by atoms with Crippen LogP contribution in [-0.2, 0) is 0 Å². The second-order valence-electron chi connectivity index (χ2n) is 2.72. The predicted molar refractivity (Wildman–Crippen MR) is 51.1 cm³/mol. The van der Waals surface area contributed by atoms with E-state index in [2.05, 4.69) is 15.5 Å². The highest BCUT2D eigenvalue weighted by atomic mass is 35.5. The topological polar surface area (TPSA) is 80.9 Å². The van der Waals surface area contributed by atoms with Crippen LogP contribution < -0.4 is 0 Å². The summed E-state index contributed by atoms with van der Waals surface area (Å²) in [5.74, 6) is -1.06. The van der Waals surface area contributed by atoms with Crippen molar-refractivity contribution in [1.82, 2.24) is 20.2 Å². The van der Waals surface area contributed by atoms with Gasteiger partial charge in [0, 0.05) is 5.02 Å². The van der Waals surface area contributed by atoms with Gasteiger partial charge in [0.05, 0.1) is 11.3 Å². The highest BCUT2D eigenvalue weighted by molar-refractivity contribution is 6.30. The lowest BCUT2D eigenvalue weighted by atomic mass is 10.2. The first-order valence-corrected chi connectivity index (χ1v) is 4.32. The van der Waals surface area contributed by atoms with Gasteiger partial charge in [-0.2, -0.15) is 4.68 Å². The summed E-state index contributed by atoms with van der Waals surface area (Å²) in [5.41, 5.74) is 0.423. The van der Waals surface area contributed by atoms with Crippen molar-refractivity contribution in [2.24, 2.45) is 0 Å². The minimum atomic E-state index is -1.06. The van der Waals surface area contributed by atoms with Gasteiger partial charge in [-0.05, 0) is 28.6 Å². The molecule has 1 heterocycles. The Labute approximate surface area is 89.1 Å². The largest absolute Gasteiger partial charge is 0.478 e. The number of benzene rings is 1. The van der Waals surface area contributed by atoms with E-state index in [4.69, 9.17) is 16.7 Å².